The van der Waals surface area contributed by atoms with Crippen LogP contribution in [0.4, 0.5) is 0 Å². The molecule has 1 aliphatic carbocycles. The Morgan fingerprint density at radius 1 is 1.31 bits per heavy atom. The summed E-state index contributed by atoms with van der Waals surface area (Å²) < 4.78 is 5.20. The molecule has 1 rings (SSSR count). The molecule has 96 valence electrons. The molecular weight excluding hydrogens is 198 g/mol. The molecule has 1 N–H and O–H groups in total. The summed E-state index contributed by atoms with van der Waals surface area (Å²) in [6.45, 7) is 6.69. The summed E-state index contributed by atoms with van der Waals surface area (Å²) >= 11 is 0. The Kier molecular flexibility index (Phi) is 7.06. The lowest BCUT2D eigenvalue weighted by atomic mass is 9.86. The van der Waals surface area contributed by atoms with E-state index in [2.05, 4.69) is 19.2 Å². The second kappa shape index (κ2) is 8.08. The molecule has 0 radical (unpaired) electrons. The summed E-state index contributed by atoms with van der Waals surface area (Å²) in [6.07, 6.45) is 8.16. The summed E-state index contributed by atoms with van der Waals surface area (Å²) in [6, 6.07) is 0.720. The van der Waals surface area contributed by atoms with Gasteiger partial charge < -0.3 is 10.1 Å². The van der Waals surface area contributed by atoms with Crippen molar-refractivity contribution in [2.75, 3.05) is 20.3 Å². The Hall–Kier alpha value is -0.0800. The Morgan fingerprint density at radius 2 is 2.00 bits per heavy atom. The lowest BCUT2D eigenvalue weighted by molar-refractivity contribution is 0.158. The first-order valence-electron chi connectivity index (χ1n) is 7.02. The van der Waals surface area contributed by atoms with Crippen LogP contribution in [0.25, 0.3) is 0 Å². The lowest BCUT2D eigenvalue weighted by Gasteiger charge is -2.30. The monoisotopic (exact) mass is 227 g/mol. The third-order valence-corrected chi connectivity index (χ3v) is 3.93. The first-order chi connectivity index (χ1) is 7.79. The minimum Gasteiger partial charge on any atom is -0.385 e. The van der Waals surface area contributed by atoms with Crippen LogP contribution in [0.1, 0.15) is 52.4 Å². The van der Waals surface area contributed by atoms with Crippen LogP contribution < -0.4 is 5.32 Å². The maximum atomic E-state index is 5.20. The quantitative estimate of drug-likeness (QED) is 0.687. The molecule has 2 nitrogen and oxygen atoms in total. The Bertz CT molecular complexity index is 166. The van der Waals surface area contributed by atoms with Crippen molar-refractivity contribution in [3.8, 4) is 0 Å². The van der Waals surface area contributed by atoms with Gasteiger partial charge in [0.15, 0.2) is 0 Å². The summed E-state index contributed by atoms with van der Waals surface area (Å²) in [5.74, 6) is 1.66. The standard InChI is InChI=1S/C14H29NO/c1-4-10-15-14(12(2)9-11-16-3)13-7-5-6-8-13/h12-15H,4-11H2,1-3H3. The molecule has 1 saturated carbocycles. The zero-order valence-electron chi connectivity index (χ0n) is 11.3. The molecule has 0 aromatic carbocycles. The Labute approximate surface area is 101 Å². The molecule has 1 fully saturated rings. The number of nitrogens with one attached hydrogen (secondary N) is 1. The van der Waals surface area contributed by atoms with E-state index in [0.717, 1.165) is 24.5 Å². The van der Waals surface area contributed by atoms with E-state index in [9.17, 15) is 0 Å². The third-order valence-electron chi connectivity index (χ3n) is 3.93. The van der Waals surface area contributed by atoms with E-state index in [1.807, 2.05) is 0 Å². The fourth-order valence-electron chi connectivity index (χ4n) is 2.94. The molecule has 0 aromatic rings. The van der Waals surface area contributed by atoms with Gasteiger partial charge in [-0.1, -0.05) is 26.7 Å². The third kappa shape index (κ3) is 4.42. The van der Waals surface area contributed by atoms with Crippen molar-refractivity contribution in [2.45, 2.75) is 58.4 Å². The zero-order chi connectivity index (χ0) is 11.8. The van der Waals surface area contributed by atoms with Crippen molar-refractivity contribution in [3.05, 3.63) is 0 Å². The van der Waals surface area contributed by atoms with E-state index in [1.165, 1.54) is 45.1 Å². The number of rotatable bonds is 8. The average molecular weight is 227 g/mol. The predicted molar refractivity (Wildman–Crippen MR) is 69.7 cm³/mol. The van der Waals surface area contributed by atoms with Crippen molar-refractivity contribution < 1.29 is 4.74 Å². The minimum atomic E-state index is 0.720. The SMILES string of the molecule is CCCNC(C(C)CCOC)C1CCCC1. The first-order valence-corrected chi connectivity index (χ1v) is 7.02. The molecular formula is C14H29NO. The smallest absolute Gasteiger partial charge is 0.0465 e. The molecule has 0 aliphatic heterocycles. The van der Waals surface area contributed by atoms with Gasteiger partial charge in [-0.25, -0.2) is 0 Å². The van der Waals surface area contributed by atoms with Gasteiger partial charge in [-0.2, -0.15) is 0 Å². The molecule has 16 heavy (non-hydrogen) atoms. The highest BCUT2D eigenvalue weighted by Crippen LogP contribution is 2.31. The first kappa shape index (κ1) is 14.0. The molecule has 0 aromatic heterocycles. The number of methoxy groups -OCH3 is 1. The second-order valence-corrected chi connectivity index (χ2v) is 5.28. The normalized spacial score (nSPS) is 21.2. The molecule has 0 saturated heterocycles. The Morgan fingerprint density at radius 3 is 2.56 bits per heavy atom. The molecule has 0 heterocycles. The van der Waals surface area contributed by atoms with Crippen LogP contribution in [0.3, 0.4) is 0 Å². The fraction of sp³-hybridized carbons (Fsp3) is 1.00. The highest BCUT2D eigenvalue weighted by Gasteiger charge is 2.28. The summed E-state index contributed by atoms with van der Waals surface area (Å²) in [5.41, 5.74) is 0. The van der Waals surface area contributed by atoms with Gasteiger partial charge in [0.05, 0.1) is 0 Å². The molecule has 2 heteroatoms. The highest BCUT2D eigenvalue weighted by molar-refractivity contribution is 4.84. The van der Waals surface area contributed by atoms with Crippen molar-refractivity contribution in [1.82, 2.24) is 5.32 Å². The molecule has 0 amide bonds. The number of ether oxygens (including phenoxy) is 1. The van der Waals surface area contributed by atoms with Gasteiger partial charge in [0.25, 0.3) is 0 Å². The average Bonchev–Trinajstić information content (AvgIpc) is 2.80. The van der Waals surface area contributed by atoms with E-state index in [4.69, 9.17) is 4.74 Å². The van der Waals surface area contributed by atoms with Crippen LogP contribution in [0.15, 0.2) is 0 Å². The molecule has 0 bridgehead atoms. The van der Waals surface area contributed by atoms with Crippen molar-refractivity contribution in [2.24, 2.45) is 11.8 Å². The van der Waals surface area contributed by atoms with Crippen molar-refractivity contribution >= 4 is 0 Å². The van der Waals surface area contributed by atoms with E-state index in [0.29, 0.717) is 0 Å². The lowest BCUT2D eigenvalue weighted by Crippen LogP contribution is -2.41. The van der Waals surface area contributed by atoms with E-state index in [1.54, 1.807) is 7.11 Å². The van der Waals surface area contributed by atoms with E-state index < -0.39 is 0 Å². The maximum Gasteiger partial charge on any atom is 0.0465 e. The topological polar surface area (TPSA) is 21.3 Å². The van der Waals surface area contributed by atoms with Crippen LogP contribution in [0.5, 0.6) is 0 Å². The minimum absolute atomic E-state index is 0.720. The van der Waals surface area contributed by atoms with Crippen molar-refractivity contribution in [3.63, 3.8) is 0 Å². The van der Waals surface area contributed by atoms with Gasteiger partial charge in [-0.15, -0.1) is 0 Å². The molecule has 1 aliphatic rings. The van der Waals surface area contributed by atoms with Crippen LogP contribution in [-0.2, 0) is 4.74 Å². The summed E-state index contributed by atoms with van der Waals surface area (Å²) in [4.78, 5) is 0. The predicted octanol–water partition coefficient (Wildman–Crippen LogP) is 3.22. The largest absolute Gasteiger partial charge is 0.385 e. The number of hydrogen-bond donors (Lipinski definition) is 1. The van der Waals surface area contributed by atoms with Crippen LogP contribution in [0.2, 0.25) is 0 Å². The molecule has 0 spiro atoms. The molecule has 2 atom stereocenters. The van der Waals surface area contributed by atoms with Gasteiger partial charge in [0.2, 0.25) is 0 Å². The fourth-order valence-corrected chi connectivity index (χ4v) is 2.94. The van der Waals surface area contributed by atoms with Crippen molar-refractivity contribution in [1.29, 1.82) is 0 Å². The summed E-state index contributed by atoms with van der Waals surface area (Å²) in [5, 5.41) is 3.76. The summed E-state index contributed by atoms with van der Waals surface area (Å²) in [7, 11) is 1.80. The van der Waals surface area contributed by atoms with Gasteiger partial charge in [-0.3, -0.25) is 0 Å². The zero-order valence-corrected chi connectivity index (χ0v) is 11.3. The second-order valence-electron chi connectivity index (χ2n) is 5.28. The Balaban J connectivity index is 2.40. The number of hydrogen-bond acceptors (Lipinski definition) is 2. The van der Waals surface area contributed by atoms with Crippen LogP contribution in [0, 0.1) is 11.8 Å². The van der Waals surface area contributed by atoms with Gasteiger partial charge in [-0.05, 0) is 44.1 Å². The van der Waals surface area contributed by atoms with E-state index in [-0.39, 0.29) is 0 Å². The maximum absolute atomic E-state index is 5.20. The van der Waals surface area contributed by atoms with Gasteiger partial charge in [0, 0.05) is 19.8 Å². The van der Waals surface area contributed by atoms with Gasteiger partial charge in [0.1, 0.15) is 0 Å². The van der Waals surface area contributed by atoms with Crippen LogP contribution in [-0.4, -0.2) is 26.3 Å². The molecule has 2 unspecified atom stereocenters. The highest BCUT2D eigenvalue weighted by atomic mass is 16.5. The van der Waals surface area contributed by atoms with Gasteiger partial charge >= 0.3 is 0 Å². The van der Waals surface area contributed by atoms with Crippen LogP contribution >= 0.6 is 0 Å². The van der Waals surface area contributed by atoms with E-state index >= 15 is 0 Å².